The van der Waals surface area contributed by atoms with E-state index in [0.29, 0.717) is 6.42 Å². The summed E-state index contributed by atoms with van der Waals surface area (Å²) in [6.45, 7) is 0. The number of aliphatic carboxylic acids is 2. The molecule has 0 fully saturated rings. The van der Waals surface area contributed by atoms with Gasteiger partial charge < -0.3 is 10.2 Å². The minimum absolute atomic E-state index is 0.412. The average Bonchev–Trinajstić information content (AvgIpc) is 3.02. The van der Waals surface area contributed by atoms with Gasteiger partial charge in [-0.15, -0.1) is 11.3 Å². The zero-order chi connectivity index (χ0) is 18.5. The molecule has 0 spiro atoms. The minimum atomic E-state index is -1.11. The number of nitrogens with zero attached hydrogens (tertiary/aromatic N) is 1. The van der Waals surface area contributed by atoms with Crippen LogP contribution >= 0.6 is 23.1 Å². The van der Waals surface area contributed by atoms with Crippen molar-refractivity contribution in [3.63, 3.8) is 0 Å². The molecule has 134 valence electrons. The van der Waals surface area contributed by atoms with Crippen LogP contribution in [0.15, 0.2) is 58.9 Å². The van der Waals surface area contributed by atoms with Gasteiger partial charge in [-0.3, -0.25) is 9.59 Å². The fourth-order valence-corrected chi connectivity index (χ4v) is 5.30. The van der Waals surface area contributed by atoms with Gasteiger partial charge in [0.1, 0.15) is 0 Å². The second-order valence-corrected chi connectivity index (χ2v) is 8.35. The summed E-state index contributed by atoms with van der Waals surface area (Å²) >= 11 is 2.85. The van der Waals surface area contributed by atoms with E-state index in [1.807, 2.05) is 54.6 Å². The lowest BCUT2D eigenvalue weighted by molar-refractivity contribution is -0.148. The monoisotopic (exact) mass is 387 g/mol. The number of thiazole rings is 1. The molecule has 26 heavy (non-hydrogen) atoms. The Bertz CT molecular complexity index is 877. The van der Waals surface area contributed by atoms with Crippen molar-refractivity contribution in [3.8, 4) is 0 Å². The first-order valence-corrected chi connectivity index (χ1v) is 9.73. The van der Waals surface area contributed by atoms with Crippen LogP contribution < -0.4 is 0 Å². The van der Waals surface area contributed by atoms with Crippen LogP contribution in [0, 0.1) is 5.92 Å². The predicted molar refractivity (Wildman–Crippen MR) is 103 cm³/mol. The third-order valence-electron chi connectivity index (χ3n) is 3.97. The molecule has 1 heterocycles. The van der Waals surface area contributed by atoms with Crippen LogP contribution in [-0.4, -0.2) is 32.4 Å². The number of hydrogen-bond acceptors (Lipinski definition) is 5. The summed E-state index contributed by atoms with van der Waals surface area (Å²) in [5.74, 6) is -3.20. The van der Waals surface area contributed by atoms with E-state index in [4.69, 9.17) is 5.11 Å². The van der Waals surface area contributed by atoms with Crippen molar-refractivity contribution in [1.29, 1.82) is 0 Å². The maximum Gasteiger partial charge on any atom is 0.308 e. The third-order valence-corrected chi connectivity index (χ3v) is 6.43. The summed E-state index contributed by atoms with van der Waals surface area (Å²) in [4.78, 5) is 27.5. The Morgan fingerprint density at radius 1 is 1.04 bits per heavy atom. The van der Waals surface area contributed by atoms with Crippen molar-refractivity contribution in [3.05, 3.63) is 60.2 Å². The average molecular weight is 387 g/mol. The maximum atomic E-state index is 11.7. The van der Waals surface area contributed by atoms with Gasteiger partial charge in [-0.1, -0.05) is 54.2 Å². The Hall–Kier alpha value is -2.38. The van der Waals surface area contributed by atoms with Crippen molar-refractivity contribution in [1.82, 2.24) is 4.98 Å². The van der Waals surface area contributed by atoms with Gasteiger partial charge in [-0.2, -0.15) is 0 Å². The number of benzene rings is 2. The molecular formula is C19H17NO4S2. The Balaban J connectivity index is 1.90. The fraction of sp³-hybridized carbons (Fsp3) is 0.211. The second-order valence-electron chi connectivity index (χ2n) is 5.84. The molecular weight excluding hydrogens is 370 g/mol. The van der Waals surface area contributed by atoms with E-state index in [0.717, 1.165) is 20.1 Å². The molecule has 3 aromatic rings. The molecule has 0 saturated heterocycles. The van der Waals surface area contributed by atoms with E-state index in [1.165, 1.54) is 23.1 Å². The highest BCUT2D eigenvalue weighted by molar-refractivity contribution is 8.01. The normalized spacial score (nSPS) is 13.4. The first-order chi connectivity index (χ1) is 12.5. The van der Waals surface area contributed by atoms with Crippen LogP contribution in [0.1, 0.15) is 12.0 Å². The van der Waals surface area contributed by atoms with Crippen molar-refractivity contribution < 1.29 is 19.8 Å². The first-order valence-electron chi connectivity index (χ1n) is 8.03. The molecule has 2 aromatic carbocycles. The molecule has 1 aromatic heterocycles. The van der Waals surface area contributed by atoms with Gasteiger partial charge in [0.25, 0.3) is 0 Å². The molecule has 0 aliphatic carbocycles. The van der Waals surface area contributed by atoms with E-state index in [2.05, 4.69) is 4.98 Å². The van der Waals surface area contributed by atoms with Gasteiger partial charge in [0, 0.05) is 5.25 Å². The summed E-state index contributed by atoms with van der Waals surface area (Å²) in [5.41, 5.74) is 1.84. The van der Waals surface area contributed by atoms with E-state index < -0.39 is 29.5 Å². The van der Waals surface area contributed by atoms with E-state index >= 15 is 0 Å². The number of hydrogen-bond donors (Lipinski definition) is 2. The van der Waals surface area contributed by atoms with Crippen molar-refractivity contribution in [2.45, 2.75) is 22.4 Å². The third kappa shape index (κ3) is 4.62. The van der Waals surface area contributed by atoms with Crippen molar-refractivity contribution in [2.24, 2.45) is 5.92 Å². The summed E-state index contributed by atoms with van der Waals surface area (Å²) in [5, 5.41) is 18.3. The smallest absolute Gasteiger partial charge is 0.308 e. The van der Waals surface area contributed by atoms with E-state index in [9.17, 15) is 14.7 Å². The van der Waals surface area contributed by atoms with Crippen LogP contribution in [0.2, 0.25) is 0 Å². The molecule has 0 aliphatic rings. The van der Waals surface area contributed by atoms with Gasteiger partial charge >= 0.3 is 11.9 Å². The molecule has 0 radical (unpaired) electrons. The molecule has 0 aliphatic heterocycles. The maximum absolute atomic E-state index is 11.7. The minimum Gasteiger partial charge on any atom is -0.481 e. The molecule has 5 nitrogen and oxygen atoms in total. The Labute approximate surface area is 158 Å². The number of rotatable bonds is 8. The number of aromatic nitrogens is 1. The van der Waals surface area contributed by atoms with E-state index in [-0.39, 0.29) is 0 Å². The summed E-state index contributed by atoms with van der Waals surface area (Å²) < 4.78 is 1.78. The molecule has 0 bridgehead atoms. The van der Waals surface area contributed by atoms with Crippen LogP contribution in [0.5, 0.6) is 0 Å². The highest BCUT2D eigenvalue weighted by atomic mass is 32.2. The molecule has 3 rings (SSSR count). The number of thioether (sulfide) groups is 1. The Kier molecular flexibility index (Phi) is 5.90. The van der Waals surface area contributed by atoms with Crippen LogP contribution in [-0.2, 0) is 16.0 Å². The van der Waals surface area contributed by atoms with Gasteiger partial charge in [0.15, 0.2) is 4.34 Å². The first kappa shape index (κ1) is 18.4. The second kappa shape index (κ2) is 8.33. The Morgan fingerprint density at radius 3 is 2.38 bits per heavy atom. The van der Waals surface area contributed by atoms with Crippen LogP contribution in [0.3, 0.4) is 0 Å². The number of fused-ring (bicyclic) bond motifs is 1. The molecule has 2 N–H and O–H groups in total. The molecule has 2 atom stereocenters. The lowest BCUT2D eigenvalue weighted by Crippen LogP contribution is -2.30. The van der Waals surface area contributed by atoms with Gasteiger partial charge in [-0.25, -0.2) is 4.98 Å². The van der Waals surface area contributed by atoms with Crippen molar-refractivity contribution in [2.75, 3.05) is 0 Å². The van der Waals surface area contributed by atoms with Crippen LogP contribution in [0.25, 0.3) is 10.2 Å². The van der Waals surface area contributed by atoms with Gasteiger partial charge in [0.05, 0.1) is 22.6 Å². The number of carbonyl (C=O) groups is 2. The highest BCUT2D eigenvalue weighted by Crippen LogP contribution is 2.37. The lowest BCUT2D eigenvalue weighted by atomic mass is 9.96. The molecule has 0 amide bonds. The van der Waals surface area contributed by atoms with E-state index in [1.54, 1.807) is 0 Å². The van der Waals surface area contributed by atoms with Crippen LogP contribution in [0.4, 0.5) is 0 Å². The quantitative estimate of drug-likeness (QED) is 0.564. The predicted octanol–water partition coefficient (Wildman–Crippen LogP) is 4.18. The summed E-state index contributed by atoms with van der Waals surface area (Å²) in [6, 6.07) is 17.2. The van der Waals surface area contributed by atoms with Gasteiger partial charge in [0.2, 0.25) is 0 Å². The zero-order valence-electron chi connectivity index (χ0n) is 13.7. The largest absolute Gasteiger partial charge is 0.481 e. The number of para-hydroxylation sites is 1. The SMILES string of the molecule is O=C(O)CC(C(=O)O)C(Cc1ccccc1)Sc1nc2ccccc2s1. The standard InChI is InChI=1S/C19H17NO4S2/c21-17(22)11-13(18(23)24)16(10-12-6-2-1-3-7-12)26-19-20-14-8-4-5-9-15(14)25-19/h1-9,13,16H,10-11H2,(H,21,22)(H,23,24). The summed E-state index contributed by atoms with van der Waals surface area (Å²) in [6.07, 6.45) is 0.0520. The topological polar surface area (TPSA) is 87.5 Å². The number of carboxylic acid groups (broad SMARTS) is 2. The lowest BCUT2D eigenvalue weighted by Gasteiger charge is -2.21. The summed E-state index contributed by atoms with van der Waals surface area (Å²) in [7, 11) is 0. The Morgan fingerprint density at radius 2 is 1.73 bits per heavy atom. The fourth-order valence-electron chi connectivity index (χ4n) is 2.71. The highest BCUT2D eigenvalue weighted by Gasteiger charge is 2.32. The van der Waals surface area contributed by atoms with Gasteiger partial charge in [-0.05, 0) is 24.1 Å². The molecule has 0 saturated carbocycles. The zero-order valence-corrected chi connectivity index (χ0v) is 15.4. The van der Waals surface area contributed by atoms with Crippen molar-refractivity contribution >= 4 is 45.3 Å². The number of carboxylic acids is 2. The molecule has 7 heteroatoms. The molecule has 2 unspecified atom stereocenters.